The van der Waals surface area contributed by atoms with Crippen molar-refractivity contribution in [3.63, 3.8) is 0 Å². The molecule has 128 valence electrons. The van der Waals surface area contributed by atoms with Crippen LogP contribution in [0.1, 0.15) is 53.4 Å². The third kappa shape index (κ3) is 2.93. The summed E-state index contributed by atoms with van der Waals surface area (Å²) in [4.78, 5) is 12.6. The molecule has 3 heterocycles. The average Bonchev–Trinajstić information content (AvgIpc) is 2.95. The van der Waals surface area contributed by atoms with Gasteiger partial charge in [-0.1, -0.05) is 13.3 Å². The molecular formula is C15H22N2O4S2. The van der Waals surface area contributed by atoms with Crippen molar-refractivity contribution in [3.05, 3.63) is 16.0 Å². The predicted octanol–water partition coefficient (Wildman–Crippen LogP) is 2.05. The van der Waals surface area contributed by atoms with Crippen molar-refractivity contribution < 1.29 is 18.3 Å². The number of hydrogen-bond donors (Lipinski definition) is 2. The first-order valence-electron chi connectivity index (χ1n) is 8.07. The predicted molar refractivity (Wildman–Crippen MR) is 88.5 cm³/mol. The zero-order chi connectivity index (χ0) is 16.6. The molecule has 0 aromatic carbocycles. The number of carboxylic acid groups (broad SMARTS) is 1. The zero-order valence-corrected chi connectivity index (χ0v) is 14.8. The summed E-state index contributed by atoms with van der Waals surface area (Å²) in [5.74, 6) is -1.13. The quantitative estimate of drug-likeness (QED) is 0.860. The fraction of sp³-hybridized carbons (Fsp3) is 0.667. The van der Waals surface area contributed by atoms with E-state index >= 15 is 0 Å². The second-order valence-corrected chi connectivity index (χ2v) is 9.26. The van der Waals surface area contributed by atoms with Gasteiger partial charge in [-0.2, -0.15) is 4.31 Å². The molecule has 0 radical (unpaired) electrons. The lowest BCUT2D eigenvalue weighted by atomic mass is 10.0. The molecule has 1 unspecified atom stereocenters. The van der Waals surface area contributed by atoms with Gasteiger partial charge in [0, 0.05) is 24.0 Å². The standard InChI is InChI=1S/C15H22N2O4S2/c1-2-10-5-3-4-8-17(10)23(20,21)15-13(14(18)19)11-6-7-16-9-12(11)22-15/h10,16H,2-9H2,1H3,(H,18,19). The van der Waals surface area contributed by atoms with Gasteiger partial charge in [-0.3, -0.25) is 0 Å². The zero-order valence-electron chi connectivity index (χ0n) is 13.2. The highest BCUT2D eigenvalue weighted by Gasteiger charge is 2.38. The molecule has 2 aliphatic heterocycles. The monoisotopic (exact) mass is 358 g/mol. The third-order valence-electron chi connectivity index (χ3n) is 4.70. The smallest absolute Gasteiger partial charge is 0.338 e. The van der Waals surface area contributed by atoms with Crippen LogP contribution in [0, 0.1) is 0 Å². The van der Waals surface area contributed by atoms with Gasteiger partial charge in [0.05, 0.1) is 5.56 Å². The maximum absolute atomic E-state index is 13.2. The van der Waals surface area contributed by atoms with Crippen molar-refractivity contribution in [2.24, 2.45) is 0 Å². The minimum Gasteiger partial charge on any atom is -0.478 e. The van der Waals surface area contributed by atoms with Gasteiger partial charge in [0.15, 0.2) is 0 Å². The van der Waals surface area contributed by atoms with Crippen LogP contribution in [0.15, 0.2) is 4.21 Å². The molecule has 2 N–H and O–H groups in total. The number of hydrogen-bond acceptors (Lipinski definition) is 5. The van der Waals surface area contributed by atoms with Crippen molar-refractivity contribution in [2.45, 2.75) is 55.8 Å². The number of rotatable bonds is 4. The second-order valence-electron chi connectivity index (χ2n) is 6.07. The van der Waals surface area contributed by atoms with E-state index in [-0.39, 0.29) is 15.8 Å². The summed E-state index contributed by atoms with van der Waals surface area (Å²) in [5, 5.41) is 12.8. The fourth-order valence-corrected chi connectivity index (χ4v) is 7.26. The van der Waals surface area contributed by atoms with E-state index < -0.39 is 16.0 Å². The molecule has 1 atom stereocenters. The van der Waals surface area contributed by atoms with E-state index in [1.807, 2.05) is 6.92 Å². The molecule has 6 nitrogen and oxygen atoms in total. The molecule has 2 aliphatic rings. The molecule has 3 rings (SSSR count). The van der Waals surface area contributed by atoms with Gasteiger partial charge in [0.1, 0.15) is 4.21 Å². The van der Waals surface area contributed by atoms with Crippen molar-refractivity contribution >= 4 is 27.3 Å². The molecule has 1 aromatic heterocycles. The molecule has 8 heteroatoms. The maximum Gasteiger partial charge on any atom is 0.338 e. The lowest BCUT2D eigenvalue weighted by molar-refractivity contribution is 0.0692. The van der Waals surface area contributed by atoms with E-state index in [4.69, 9.17) is 0 Å². The summed E-state index contributed by atoms with van der Waals surface area (Å²) in [6.45, 7) is 3.71. The van der Waals surface area contributed by atoms with Gasteiger partial charge in [0.2, 0.25) is 0 Å². The Morgan fingerprint density at radius 2 is 2.22 bits per heavy atom. The van der Waals surface area contributed by atoms with E-state index in [9.17, 15) is 18.3 Å². The van der Waals surface area contributed by atoms with Crippen molar-refractivity contribution in [1.29, 1.82) is 0 Å². The van der Waals surface area contributed by atoms with Gasteiger partial charge in [-0.05, 0) is 37.8 Å². The Balaban J connectivity index is 2.09. The number of thiophene rings is 1. The van der Waals surface area contributed by atoms with Crippen LogP contribution < -0.4 is 5.32 Å². The molecule has 0 saturated carbocycles. The van der Waals surface area contributed by atoms with Crippen LogP contribution in [-0.4, -0.2) is 42.9 Å². The number of fused-ring (bicyclic) bond motifs is 1. The molecule has 0 aliphatic carbocycles. The number of nitrogens with zero attached hydrogens (tertiary/aromatic N) is 1. The van der Waals surface area contributed by atoms with E-state index in [1.54, 1.807) is 0 Å². The Labute approximate surface area is 140 Å². The number of piperidine rings is 1. The van der Waals surface area contributed by atoms with Crippen molar-refractivity contribution in [2.75, 3.05) is 13.1 Å². The van der Waals surface area contributed by atoms with Gasteiger partial charge in [-0.25, -0.2) is 13.2 Å². The first-order valence-corrected chi connectivity index (χ1v) is 10.3. The highest BCUT2D eigenvalue weighted by Crippen LogP contribution is 2.38. The van der Waals surface area contributed by atoms with Crippen LogP contribution in [0.4, 0.5) is 0 Å². The van der Waals surface area contributed by atoms with Gasteiger partial charge in [-0.15, -0.1) is 11.3 Å². The minimum atomic E-state index is -3.75. The minimum absolute atomic E-state index is 0.00641. The van der Waals surface area contributed by atoms with Gasteiger partial charge >= 0.3 is 5.97 Å². The van der Waals surface area contributed by atoms with Crippen LogP contribution in [0.25, 0.3) is 0 Å². The SMILES string of the molecule is CCC1CCCCN1S(=O)(=O)c1sc2c(c1C(=O)O)CCNC2. The molecule has 1 saturated heterocycles. The first kappa shape index (κ1) is 16.9. The lowest BCUT2D eigenvalue weighted by Gasteiger charge is -2.33. The Morgan fingerprint density at radius 1 is 1.43 bits per heavy atom. The first-order chi connectivity index (χ1) is 11.0. The fourth-order valence-electron chi connectivity index (χ4n) is 3.51. The summed E-state index contributed by atoms with van der Waals surface area (Å²) in [6.07, 6.45) is 4.05. The Morgan fingerprint density at radius 3 is 2.91 bits per heavy atom. The molecule has 0 bridgehead atoms. The summed E-state index contributed by atoms with van der Waals surface area (Å²) >= 11 is 1.13. The summed E-state index contributed by atoms with van der Waals surface area (Å²) in [5.41, 5.74) is 0.705. The summed E-state index contributed by atoms with van der Waals surface area (Å²) in [6, 6.07) is -0.0207. The number of carboxylic acids is 1. The number of nitrogens with one attached hydrogen (secondary N) is 1. The Hall–Kier alpha value is -0.960. The average molecular weight is 358 g/mol. The molecule has 23 heavy (non-hydrogen) atoms. The Bertz CT molecular complexity index is 711. The van der Waals surface area contributed by atoms with E-state index in [1.165, 1.54) is 4.31 Å². The summed E-state index contributed by atoms with van der Waals surface area (Å²) < 4.78 is 27.9. The molecule has 1 aromatic rings. The van der Waals surface area contributed by atoms with Crippen LogP contribution in [0.3, 0.4) is 0 Å². The second kappa shape index (κ2) is 6.51. The highest BCUT2D eigenvalue weighted by atomic mass is 32.2. The molecule has 0 amide bonds. The maximum atomic E-state index is 13.2. The van der Waals surface area contributed by atoms with Crippen molar-refractivity contribution in [1.82, 2.24) is 9.62 Å². The van der Waals surface area contributed by atoms with Gasteiger partial charge < -0.3 is 10.4 Å². The topological polar surface area (TPSA) is 86.7 Å². The van der Waals surface area contributed by atoms with Gasteiger partial charge in [0.25, 0.3) is 10.0 Å². The molecular weight excluding hydrogens is 336 g/mol. The normalized spacial score (nSPS) is 22.7. The van der Waals surface area contributed by atoms with E-state index in [2.05, 4.69) is 5.32 Å². The molecule has 1 fully saturated rings. The van der Waals surface area contributed by atoms with Crippen LogP contribution in [0.5, 0.6) is 0 Å². The number of sulfonamides is 1. The van der Waals surface area contributed by atoms with Crippen LogP contribution >= 0.6 is 11.3 Å². The van der Waals surface area contributed by atoms with Crippen LogP contribution in [-0.2, 0) is 23.0 Å². The Kier molecular flexibility index (Phi) is 4.78. The van der Waals surface area contributed by atoms with E-state index in [0.717, 1.165) is 41.9 Å². The highest BCUT2D eigenvalue weighted by molar-refractivity contribution is 7.91. The molecule has 0 spiro atoms. The van der Waals surface area contributed by atoms with Crippen LogP contribution in [0.2, 0.25) is 0 Å². The lowest BCUT2D eigenvalue weighted by Crippen LogP contribution is -2.43. The van der Waals surface area contributed by atoms with Crippen molar-refractivity contribution in [3.8, 4) is 0 Å². The largest absolute Gasteiger partial charge is 0.478 e. The van der Waals surface area contributed by atoms with E-state index in [0.29, 0.717) is 31.6 Å². The summed E-state index contributed by atoms with van der Waals surface area (Å²) in [7, 11) is -3.75. The third-order valence-corrected chi connectivity index (χ3v) is 8.38. The number of carbonyl (C=O) groups is 1. The number of aromatic carboxylic acids is 1.